The van der Waals surface area contributed by atoms with Gasteiger partial charge in [0.15, 0.2) is 0 Å². The third kappa shape index (κ3) is 4.06. The largest absolute Gasteiger partial charge is 0.396 e. The minimum atomic E-state index is -4.46. The molecule has 2 N–H and O–H groups in total. The predicted molar refractivity (Wildman–Crippen MR) is 61.3 cm³/mol. The van der Waals surface area contributed by atoms with Crippen LogP contribution in [0.3, 0.4) is 0 Å². The van der Waals surface area contributed by atoms with Crippen molar-refractivity contribution in [1.29, 1.82) is 0 Å². The first-order valence-electron chi connectivity index (χ1n) is 5.12. The Morgan fingerprint density at radius 2 is 1.89 bits per heavy atom. The van der Waals surface area contributed by atoms with Crippen molar-refractivity contribution in [2.75, 3.05) is 19.3 Å². The van der Waals surface area contributed by atoms with Crippen molar-refractivity contribution >= 4 is 15.7 Å². The summed E-state index contributed by atoms with van der Waals surface area (Å²) in [5, 5.41) is 0. The maximum absolute atomic E-state index is 13.2. The maximum Gasteiger partial charge on any atom is 0.390 e. The monoisotopic (exact) mass is 300 g/mol. The van der Waals surface area contributed by atoms with Gasteiger partial charge in [0.05, 0.1) is 17.0 Å². The zero-order valence-electron chi connectivity index (χ0n) is 9.91. The van der Waals surface area contributed by atoms with Crippen molar-refractivity contribution in [3.8, 4) is 0 Å². The van der Waals surface area contributed by atoms with Crippen molar-refractivity contribution < 1.29 is 26.0 Å². The molecule has 0 saturated carbocycles. The Bertz CT molecular complexity index is 557. The first kappa shape index (κ1) is 15.7. The Morgan fingerprint density at radius 3 is 2.37 bits per heavy atom. The van der Waals surface area contributed by atoms with E-state index >= 15 is 0 Å². The zero-order valence-corrected chi connectivity index (χ0v) is 10.7. The molecule has 0 aromatic heterocycles. The number of benzene rings is 1. The summed E-state index contributed by atoms with van der Waals surface area (Å²) in [5.74, 6) is -0.940. The summed E-state index contributed by atoms with van der Waals surface area (Å²) in [6, 6.07) is 2.76. The van der Waals surface area contributed by atoms with Crippen molar-refractivity contribution in [1.82, 2.24) is 4.31 Å². The van der Waals surface area contributed by atoms with E-state index in [4.69, 9.17) is 5.73 Å². The molecule has 4 nitrogen and oxygen atoms in total. The molecule has 0 heterocycles. The van der Waals surface area contributed by atoms with Crippen LogP contribution in [-0.2, 0) is 10.0 Å². The van der Waals surface area contributed by atoms with Gasteiger partial charge in [0, 0.05) is 13.6 Å². The third-order valence-electron chi connectivity index (χ3n) is 2.39. The number of halogens is 4. The summed E-state index contributed by atoms with van der Waals surface area (Å²) in [7, 11) is -3.17. The normalized spacial score (nSPS) is 12.9. The van der Waals surface area contributed by atoms with Crippen LogP contribution in [0.4, 0.5) is 23.2 Å². The number of hydrogen-bond donors (Lipinski definition) is 1. The van der Waals surface area contributed by atoms with Gasteiger partial charge in [-0.1, -0.05) is 0 Å². The molecule has 0 amide bonds. The highest BCUT2D eigenvalue weighted by molar-refractivity contribution is 7.89. The fraction of sp³-hybridized carbons (Fsp3) is 0.400. The van der Waals surface area contributed by atoms with Gasteiger partial charge in [-0.05, 0) is 18.2 Å². The van der Waals surface area contributed by atoms with Gasteiger partial charge in [-0.25, -0.2) is 17.1 Å². The minimum absolute atomic E-state index is 0.239. The number of rotatable bonds is 4. The van der Waals surface area contributed by atoms with Crippen LogP contribution in [0.5, 0.6) is 0 Å². The van der Waals surface area contributed by atoms with E-state index in [1.165, 1.54) is 0 Å². The minimum Gasteiger partial charge on any atom is -0.396 e. The number of nitrogens with zero attached hydrogens (tertiary/aromatic N) is 1. The summed E-state index contributed by atoms with van der Waals surface area (Å²) in [4.78, 5) is -0.441. The molecule has 1 rings (SSSR count). The highest BCUT2D eigenvalue weighted by Gasteiger charge is 2.30. The molecule has 0 spiro atoms. The van der Waals surface area contributed by atoms with E-state index < -0.39 is 39.9 Å². The second kappa shape index (κ2) is 5.33. The smallest absolute Gasteiger partial charge is 0.390 e. The van der Waals surface area contributed by atoms with E-state index in [0.29, 0.717) is 10.4 Å². The highest BCUT2D eigenvalue weighted by atomic mass is 32.2. The Kier molecular flexibility index (Phi) is 4.41. The standard InChI is InChI=1S/C10H12F4N2O2S/c1-16(5-4-10(12,13)14)19(17,18)7-2-3-9(15)8(11)6-7/h2-3,6H,4-5,15H2,1H3. The topological polar surface area (TPSA) is 63.4 Å². The fourth-order valence-electron chi connectivity index (χ4n) is 1.25. The molecular weight excluding hydrogens is 288 g/mol. The lowest BCUT2D eigenvalue weighted by atomic mass is 10.3. The molecule has 0 aliphatic rings. The van der Waals surface area contributed by atoms with Crippen molar-refractivity contribution in [2.24, 2.45) is 0 Å². The van der Waals surface area contributed by atoms with Crippen LogP contribution in [0, 0.1) is 5.82 Å². The molecule has 0 bridgehead atoms. The molecule has 0 atom stereocenters. The molecule has 0 aliphatic carbocycles. The third-order valence-corrected chi connectivity index (χ3v) is 4.24. The average molecular weight is 300 g/mol. The highest BCUT2D eigenvalue weighted by Crippen LogP contribution is 2.23. The second-order valence-corrected chi connectivity index (χ2v) is 5.92. The van der Waals surface area contributed by atoms with E-state index in [9.17, 15) is 26.0 Å². The van der Waals surface area contributed by atoms with Gasteiger partial charge in [-0.3, -0.25) is 0 Å². The van der Waals surface area contributed by atoms with Crippen molar-refractivity contribution in [3.63, 3.8) is 0 Å². The Hall–Kier alpha value is -1.35. The van der Waals surface area contributed by atoms with Gasteiger partial charge in [0.2, 0.25) is 10.0 Å². The van der Waals surface area contributed by atoms with Crippen molar-refractivity contribution in [2.45, 2.75) is 17.5 Å². The average Bonchev–Trinajstić information content (AvgIpc) is 2.28. The van der Waals surface area contributed by atoms with Crippen LogP contribution in [0.2, 0.25) is 0 Å². The van der Waals surface area contributed by atoms with E-state index in [0.717, 1.165) is 19.2 Å². The van der Waals surface area contributed by atoms with Crippen molar-refractivity contribution in [3.05, 3.63) is 24.0 Å². The second-order valence-electron chi connectivity index (χ2n) is 3.88. The van der Waals surface area contributed by atoms with Gasteiger partial charge in [-0.15, -0.1) is 0 Å². The maximum atomic E-state index is 13.2. The molecule has 0 fully saturated rings. The number of anilines is 1. The molecule has 0 unspecified atom stereocenters. The Morgan fingerprint density at radius 1 is 1.32 bits per heavy atom. The van der Waals surface area contributed by atoms with Crippen LogP contribution < -0.4 is 5.73 Å². The van der Waals surface area contributed by atoms with E-state index in [2.05, 4.69) is 0 Å². The summed E-state index contributed by atoms with van der Waals surface area (Å²) < 4.78 is 73.5. The quantitative estimate of drug-likeness (QED) is 0.683. The number of nitrogens with two attached hydrogens (primary N) is 1. The van der Waals surface area contributed by atoms with E-state index in [-0.39, 0.29) is 5.69 Å². The van der Waals surface area contributed by atoms with Crippen LogP contribution in [0.1, 0.15) is 6.42 Å². The number of nitrogen functional groups attached to an aromatic ring is 1. The van der Waals surface area contributed by atoms with Gasteiger partial charge >= 0.3 is 6.18 Å². The Labute approximate surface area is 107 Å². The SMILES string of the molecule is CN(CCC(F)(F)F)S(=O)(=O)c1ccc(N)c(F)c1. The van der Waals surface area contributed by atoms with E-state index in [1.807, 2.05) is 0 Å². The molecule has 1 aromatic rings. The lowest BCUT2D eigenvalue weighted by Crippen LogP contribution is -2.30. The molecule has 0 aliphatic heterocycles. The molecular formula is C10H12F4N2O2S. The number of alkyl halides is 3. The summed E-state index contributed by atoms with van der Waals surface area (Å²) >= 11 is 0. The van der Waals surface area contributed by atoms with Crippen LogP contribution in [0.15, 0.2) is 23.1 Å². The first-order valence-corrected chi connectivity index (χ1v) is 6.56. The van der Waals surface area contributed by atoms with Gasteiger partial charge in [0.1, 0.15) is 5.82 Å². The Balaban J connectivity index is 2.94. The fourth-order valence-corrected chi connectivity index (χ4v) is 2.44. The molecule has 19 heavy (non-hydrogen) atoms. The van der Waals surface area contributed by atoms with Crippen LogP contribution >= 0.6 is 0 Å². The zero-order chi connectivity index (χ0) is 14.8. The van der Waals surface area contributed by atoms with Crippen LogP contribution in [-0.4, -0.2) is 32.5 Å². The predicted octanol–water partition coefficient (Wildman–Crippen LogP) is 1.98. The molecule has 9 heteroatoms. The molecule has 1 aromatic carbocycles. The van der Waals surface area contributed by atoms with Gasteiger partial charge in [-0.2, -0.15) is 13.2 Å². The summed E-state index contributed by atoms with van der Waals surface area (Å²) in [6.45, 7) is -0.738. The lowest BCUT2D eigenvalue weighted by molar-refractivity contribution is -0.135. The number of hydrogen-bond acceptors (Lipinski definition) is 3. The number of sulfonamides is 1. The summed E-state index contributed by atoms with van der Waals surface area (Å²) in [6.07, 6.45) is -5.74. The molecule has 108 valence electrons. The first-order chi connectivity index (χ1) is 8.54. The molecule has 0 radical (unpaired) electrons. The lowest BCUT2D eigenvalue weighted by Gasteiger charge is -2.18. The molecule has 0 saturated heterocycles. The van der Waals surface area contributed by atoms with Gasteiger partial charge < -0.3 is 5.73 Å². The van der Waals surface area contributed by atoms with E-state index in [1.54, 1.807) is 0 Å². The van der Waals surface area contributed by atoms with Gasteiger partial charge in [0.25, 0.3) is 0 Å². The van der Waals surface area contributed by atoms with Crippen LogP contribution in [0.25, 0.3) is 0 Å². The summed E-state index contributed by atoms with van der Waals surface area (Å²) in [5.41, 5.74) is 4.95.